The highest BCUT2D eigenvalue weighted by Gasteiger charge is 2.26. The minimum absolute atomic E-state index is 0.0177. The summed E-state index contributed by atoms with van der Waals surface area (Å²) in [6.45, 7) is 10.0. The molecule has 1 aromatic heterocycles. The highest BCUT2D eigenvalue weighted by Crippen LogP contribution is 2.19. The molecule has 1 aromatic rings. The van der Waals surface area contributed by atoms with Crippen LogP contribution in [0.4, 0.5) is 0 Å². The molecular weight excluding hydrogens is 292 g/mol. The minimum atomic E-state index is -0.564. The number of ether oxygens (including phenoxy) is 2. The first-order valence-electron chi connectivity index (χ1n) is 7.20. The van der Waals surface area contributed by atoms with Crippen molar-refractivity contribution in [2.24, 2.45) is 0 Å². The van der Waals surface area contributed by atoms with Crippen LogP contribution in [0.1, 0.15) is 20.8 Å². The smallest absolute Gasteiger partial charge is 0.311 e. The minimum Gasteiger partial charge on any atom is -0.470 e. The van der Waals surface area contributed by atoms with Gasteiger partial charge in [0.25, 0.3) is 5.88 Å². The number of β-amino-alcohol motifs (C(OH)–C–C–N with tert-alkyl or cyclic N) is 1. The topological polar surface area (TPSA) is 79.7 Å². The predicted molar refractivity (Wildman–Crippen MR) is 82.5 cm³/mol. The van der Waals surface area contributed by atoms with E-state index in [0.717, 1.165) is 26.3 Å². The number of aromatic nitrogens is 2. The normalized spacial score (nSPS) is 19.5. The first-order valence-corrected chi connectivity index (χ1v) is 8.29. The van der Waals surface area contributed by atoms with Gasteiger partial charge in [0.05, 0.1) is 26.3 Å². The molecule has 1 aliphatic rings. The molecule has 0 saturated carbocycles. The van der Waals surface area contributed by atoms with Crippen molar-refractivity contribution in [2.45, 2.75) is 32.4 Å². The summed E-state index contributed by atoms with van der Waals surface area (Å²) < 4.78 is 21.8. The highest BCUT2D eigenvalue weighted by molar-refractivity contribution is 7.23. The van der Waals surface area contributed by atoms with Crippen LogP contribution in [0, 0.1) is 0 Å². The largest absolute Gasteiger partial charge is 0.470 e. The van der Waals surface area contributed by atoms with Crippen molar-refractivity contribution in [1.29, 1.82) is 0 Å². The number of aliphatic hydroxyl groups excluding tert-OH is 1. The Hall–Kier alpha value is -0.800. The third-order valence-electron chi connectivity index (χ3n) is 2.92. The number of aliphatic hydroxyl groups is 1. The molecule has 2 unspecified atom stereocenters. The fraction of sp³-hybridized carbons (Fsp3) is 0.846. The van der Waals surface area contributed by atoms with Gasteiger partial charge >= 0.3 is 11.0 Å². The van der Waals surface area contributed by atoms with E-state index in [0.29, 0.717) is 12.4 Å². The lowest BCUT2D eigenvalue weighted by atomic mass is 10.1. The lowest BCUT2D eigenvalue weighted by molar-refractivity contribution is 0.0981. The summed E-state index contributed by atoms with van der Waals surface area (Å²) in [7, 11) is 0. The second-order valence-electron chi connectivity index (χ2n) is 6.05. The summed E-state index contributed by atoms with van der Waals surface area (Å²) in [6, 6.07) is 0. The van der Waals surface area contributed by atoms with E-state index in [1.807, 2.05) is 0 Å². The molecule has 0 bridgehead atoms. The quantitative estimate of drug-likeness (QED) is 0.732. The van der Waals surface area contributed by atoms with Crippen LogP contribution in [-0.2, 0) is 4.74 Å². The molecule has 120 valence electrons. The molecular formula is C13H25N4O3S+. The van der Waals surface area contributed by atoms with Crippen LogP contribution < -0.4 is 14.4 Å². The Kier molecular flexibility index (Phi) is 5.88. The first kappa shape index (κ1) is 16.6. The zero-order valence-corrected chi connectivity index (χ0v) is 13.7. The van der Waals surface area contributed by atoms with Crippen LogP contribution in [0.5, 0.6) is 5.88 Å². The summed E-state index contributed by atoms with van der Waals surface area (Å²) in [5.41, 5.74) is -0.0177. The standard InChI is InChI=1S/C13H25N4O3S/c1-13(2,3)14-8-11(18)10-20-12-9-15-21(16-12)17-4-6-19-7-5-17/h9,11,14,18H,4-8,10H2,1-3H3/q+1. The molecule has 1 saturated heterocycles. The molecule has 2 rings (SSSR count). The van der Waals surface area contributed by atoms with Crippen molar-refractivity contribution in [2.75, 3.05) is 43.8 Å². The Morgan fingerprint density at radius 3 is 2.86 bits per heavy atom. The maximum absolute atomic E-state index is 9.88. The summed E-state index contributed by atoms with van der Waals surface area (Å²) >= 11 is -0.488. The van der Waals surface area contributed by atoms with Gasteiger partial charge in [-0.15, -0.1) is 0 Å². The highest BCUT2D eigenvalue weighted by atomic mass is 32.2. The van der Waals surface area contributed by atoms with Crippen LogP contribution in [0.25, 0.3) is 0 Å². The molecule has 2 atom stereocenters. The molecule has 2 N–H and O–H groups in total. The third kappa shape index (κ3) is 5.84. The van der Waals surface area contributed by atoms with Crippen molar-refractivity contribution in [3.63, 3.8) is 0 Å². The summed E-state index contributed by atoms with van der Waals surface area (Å²) in [6.07, 6.45) is 1.08. The van der Waals surface area contributed by atoms with Crippen molar-refractivity contribution in [3.8, 4) is 5.88 Å². The van der Waals surface area contributed by atoms with Crippen LogP contribution in [0.3, 0.4) is 0 Å². The van der Waals surface area contributed by atoms with Crippen molar-refractivity contribution in [3.05, 3.63) is 6.20 Å². The van der Waals surface area contributed by atoms with Gasteiger partial charge in [0, 0.05) is 20.8 Å². The van der Waals surface area contributed by atoms with Gasteiger partial charge in [-0.2, -0.15) is 0 Å². The number of morpholine rings is 1. The zero-order chi connectivity index (χ0) is 15.3. The van der Waals surface area contributed by atoms with Gasteiger partial charge in [-0.3, -0.25) is 0 Å². The number of hydrogen-bond donors (Lipinski definition) is 2. The summed E-state index contributed by atoms with van der Waals surface area (Å²) in [4.78, 5) is 0. The number of nitrogens with one attached hydrogen (secondary N) is 1. The Morgan fingerprint density at radius 1 is 1.48 bits per heavy atom. The monoisotopic (exact) mass is 317 g/mol. The molecule has 0 amide bonds. The second kappa shape index (κ2) is 7.46. The van der Waals surface area contributed by atoms with Gasteiger partial charge in [0.2, 0.25) is 0 Å². The Labute approximate surface area is 128 Å². The Bertz CT molecular complexity index is 429. The number of rotatable bonds is 6. The molecule has 0 aliphatic carbocycles. The fourth-order valence-electron chi connectivity index (χ4n) is 1.78. The molecule has 21 heavy (non-hydrogen) atoms. The SMILES string of the molecule is CC(C)(C)NCC(O)COc1cn[s+](N2CCOCC2)n1. The van der Waals surface area contributed by atoms with Crippen molar-refractivity contribution >= 4 is 11.0 Å². The van der Waals surface area contributed by atoms with Gasteiger partial charge in [0.1, 0.15) is 12.7 Å². The van der Waals surface area contributed by atoms with E-state index in [2.05, 4.69) is 39.1 Å². The molecule has 1 aliphatic heterocycles. The van der Waals surface area contributed by atoms with Gasteiger partial charge in [0.15, 0.2) is 6.20 Å². The summed E-state index contributed by atoms with van der Waals surface area (Å²) in [5.74, 6) is 0.500. The molecule has 0 radical (unpaired) electrons. The summed E-state index contributed by atoms with van der Waals surface area (Å²) in [5, 5.41) is 13.1. The van der Waals surface area contributed by atoms with Gasteiger partial charge in [-0.05, 0) is 20.8 Å². The van der Waals surface area contributed by atoms with Crippen LogP contribution in [0.15, 0.2) is 6.20 Å². The van der Waals surface area contributed by atoms with E-state index < -0.39 is 17.2 Å². The van der Waals surface area contributed by atoms with E-state index in [9.17, 15) is 5.11 Å². The van der Waals surface area contributed by atoms with E-state index in [1.165, 1.54) is 0 Å². The average molecular weight is 317 g/mol. The van der Waals surface area contributed by atoms with Crippen molar-refractivity contribution < 1.29 is 14.6 Å². The molecule has 1 fully saturated rings. The van der Waals surface area contributed by atoms with Gasteiger partial charge in [-0.25, -0.2) is 0 Å². The van der Waals surface area contributed by atoms with Crippen LogP contribution >= 0.6 is 11.0 Å². The third-order valence-corrected chi connectivity index (χ3v) is 4.39. The van der Waals surface area contributed by atoms with Crippen LogP contribution in [0.2, 0.25) is 0 Å². The first-order chi connectivity index (χ1) is 9.94. The Morgan fingerprint density at radius 2 is 2.19 bits per heavy atom. The van der Waals surface area contributed by atoms with E-state index in [4.69, 9.17) is 9.47 Å². The number of nitrogens with zero attached hydrogens (tertiary/aromatic N) is 3. The molecule has 8 heteroatoms. The molecule has 2 heterocycles. The lowest BCUT2D eigenvalue weighted by Gasteiger charge is -2.22. The zero-order valence-electron chi connectivity index (χ0n) is 12.9. The fourth-order valence-corrected chi connectivity index (χ4v) is 3.00. The molecule has 7 nitrogen and oxygen atoms in total. The number of hydrogen-bond acceptors (Lipinski definition) is 7. The second-order valence-corrected chi connectivity index (χ2v) is 7.45. The maximum Gasteiger partial charge on any atom is 0.311 e. The van der Waals surface area contributed by atoms with E-state index in [-0.39, 0.29) is 12.1 Å². The van der Waals surface area contributed by atoms with E-state index >= 15 is 0 Å². The molecule has 0 spiro atoms. The maximum atomic E-state index is 9.88. The van der Waals surface area contributed by atoms with Crippen LogP contribution in [-0.4, -0.2) is 65.0 Å². The van der Waals surface area contributed by atoms with E-state index in [1.54, 1.807) is 6.20 Å². The molecule has 0 aromatic carbocycles. The van der Waals surface area contributed by atoms with Crippen molar-refractivity contribution in [1.82, 2.24) is 14.1 Å². The lowest BCUT2D eigenvalue weighted by Crippen LogP contribution is -2.42. The van der Waals surface area contributed by atoms with Gasteiger partial charge in [-0.1, -0.05) is 4.31 Å². The van der Waals surface area contributed by atoms with Gasteiger partial charge < -0.3 is 19.9 Å². The Balaban J connectivity index is 1.74. The predicted octanol–water partition coefficient (Wildman–Crippen LogP) is 0.322. The average Bonchev–Trinajstić information content (AvgIpc) is 2.92.